The Hall–Kier alpha value is -3.05. The zero-order valence-corrected chi connectivity index (χ0v) is 24.1. The van der Waals surface area contributed by atoms with E-state index in [1.807, 2.05) is 20.8 Å². The molecule has 0 radical (unpaired) electrons. The number of halogens is 2. The van der Waals surface area contributed by atoms with Crippen LogP contribution in [0.3, 0.4) is 0 Å². The zero-order chi connectivity index (χ0) is 28.7. The van der Waals surface area contributed by atoms with Crippen LogP contribution in [0.1, 0.15) is 56.9 Å². The second-order valence-corrected chi connectivity index (χ2v) is 10.8. The van der Waals surface area contributed by atoms with Gasteiger partial charge in [0.15, 0.2) is 11.6 Å². The normalized spacial score (nSPS) is 29.1. The van der Waals surface area contributed by atoms with Gasteiger partial charge in [-0.25, -0.2) is 14.2 Å². The van der Waals surface area contributed by atoms with E-state index < -0.39 is 30.3 Å². The molecular weight excluding hydrogens is 573 g/mol. The van der Waals surface area contributed by atoms with Gasteiger partial charge in [0.25, 0.3) is 5.91 Å². The van der Waals surface area contributed by atoms with Crippen molar-refractivity contribution in [2.24, 2.45) is 11.8 Å². The number of nitrogens with one attached hydrogen (secondary N) is 1. The van der Waals surface area contributed by atoms with E-state index in [0.29, 0.717) is 12.0 Å². The summed E-state index contributed by atoms with van der Waals surface area (Å²) in [5, 5.41) is 13.0. The summed E-state index contributed by atoms with van der Waals surface area (Å²) in [5.41, 5.74) is 0.713. The summed E-state index contributed by atoms with van der Waals surface area (Å²) in [6, 6.07) is 0. The first-order chi connectivity index (χ1) is 18.5. The number of carbonyl (C=O) groups is 3. The molecule has 0 aliphatic carbocycles. The van der Waals surface area contributed by atoms with Gasteiger partial charge in [-0.2, -0.15) is 0 Å². The number of oxazole rings is 1. The van der Waals surface area contributed by atoms with Crippen LogP contribution in [0.25, 0.3) is 0 Å². The van der Waals surface area contributed by atoms with Gasteiger partial charge in [-0.3, -0.25) is 9.59 Å². The number of allylic oxidation sites excluding steroid dienone is 2. The van der Waals surface area contributed by atoms with Crippen LogP contribution >= 0.6 is 15.9 Å². The van der Waals surface area contributed by atoms with Gasteiger partial charge in [0.05, 0.1) is 12.5 Å². The van der Waals surface area contributed by atoms with Crippen molar-refractivity contribution in [3.8, 4) is 0 Å². The highest BCUT2D eigenvalue weighted by Gasteiger charge is 2.35. The van der Waals surface area contributed by atoms with Gasteiger partial charge >= 0.3 is 5.97 Å². The van der Waals surface area contributed by atoms with Crippen molar-refractivity contribution in [2.45, 2.75) is 65.3 Å². The Morgan fingerprint density at radius 2 is 2.00 bits per heavy atom. The summed E-state index contributed by atoms with van der Waals surface area (Å²) in [6.07, 6.45) is 6.59. The molecule has 0 aromatic carbocycles. The number of amides is 2. The average molecular weight is 609 g/mol. The third kappa shape index (κ3) is 8.47. The maximum absolute atomic E-state index is 14.7. The van der Waals surface area contributed by atoms with Gasteiger partial charge in [-0.15, -0.1) is 0 Å². The third-order valence-corrected chi connectivity index (χ3v) is 6.90. The van der Waals surface area contributed by atoms with Crippen molar-refractivity contribution in [1.29, 1.82) is 0 Å². The molecule has 4 atom stereocenters. The number of alkyl halides is 1. The first-order valence-electron chi connectivity index (χ1n) is 13.0. The lowest BCUT2D eigenvalue weighted by molar-refractivity contribution is -0.149. The molecule has 1 aromatic heterocycles. The number of nitrogens with zero attached hydrogens (tertiary/aromatic N) is 2. The van der Waals surface area contributed by atoms with E-state index in [0.717, 1.165) is 0 Å². The molecule has 2 aliphatic rings. The van der Waals surface area contributed by atoms with E-state index in [9.17, 15) is 23.9 Å². The topological polar surface area (TPSA) is 122 Å². The van der Waals surface area contributed by atoms with Gasteiger partial charge in [0.1, 0.15) is 18.0 Å². The lowest BCUT2D eigenvalue weighted by atomic mass is 9.94. The summed E-state index contributed by atoms with van der Waals surface area (Å²) in [7, 11) is 0. The molecule has 39 heavy (non-hydrogen) atoms. The number of aliphatic hydroxyl groups excluding tert-OH is 1. The molecular formula is C28H35BrFN3O6. The highest BCUT2D eigenvalue weighted by molar-refractivity contribution is 9.10. The minimum atomic E-state index is -1.48. The van der Waals surface area contributed by atoms with Crippen molar-refractivity contribution < 1.29 is 33.0 Å². The van der Waals surface area contributed by atoms with Crippen molar-refractivity contribution in [1.82, 2.24) is 15.2 Å². The molecule has 0 saturated heterocycles. The van der Waals surface area contributed by atoms with Crippen LogP contribution in [0.4, 0.5) is 4.39 Å². The van der Waals surface area contributed by atoms with E-state index in [1.54, 1.807) is 31.2 Å². The summed E-state index contributed by atoms with van der Waals surface area (Å²) < 4.78 is 26.0. The number of carbonyl (C=O) groups excluding carboxylic acids is 3. The third-order valence-electron chi connectivity index (χ3n) is 6.36. The molecule has 2 aliphatic heterocycles. The Kier molecular flexibility index (Phi) is 10.8. The number of fused-ring (bicyclic) bond motifs is 3. The fourth-order valence-corrected chi connectivity index (χ4v) is 4.91. The minimum Gasteiger partial charge on any atom is -0.457 e. The molecule has 2 amide bonds. The summed E-state index contributed by atoms with van der Waals surface area (Å²) in [5.74, 6) is -1.90. The number of cyclic esters (lactones) is 1. The quantitative estimate of drug-likeness (QED) is 0.459. The summed E-state index contributed by atoms with van der Waals surface area (Å²) in [6.45, 7) is 7.93. The van der Waals surface area contributed by atoms with Crippen LogP contribution < -0.4 is 5.32 Å². The second-order valence-electron chi connectivity index (χ2n) is 10.1. The smallest absolute Gasteiger partial charge is 0.355 e. The fourth-order valence-electron chi connectivity index (χ4n) is 4.46. The molecule has 9 nitrogen and oxygen atoms in total. The Morgan fingerprint density at radius 1 is 1.26 bits per heavy atom. The maximum atomic E-state index is 14.7. The van der Waals surface area contributed by atoms with E-state index in [4.69, 9.17) is 9.15 Å². The number of esters is 1. The van der Waals surface area contributed by atoms with Crippen LogP contribution in [-0.2, 0) is 20.7 Å². The largest absolute Gasteiger partial charge is 0.457 e. The Bertz CT molecular complexity index is 1190. The highest BCUT2D eigenvalue weighted by Crippen LogP contribution is 2.27. The Morgan fingerprint density at radius 3 is 2.72 bits per heavy atom. The van der Waals surface area contributed by atoms with E-state index in [1.165, 1.54) is 17.1 Å². The first-order valence-corrected chi connectivity index (χ1v) is 13.8. The molecule has 0 saturated carbocycles. The van der Waals surface area contributed by atoms with Crippen molar-refractivity contribution >= 4 is 33.7 Å². The molecule has 0 fully saturated rings. The number of ether oxygens (including phenoxy) is 1. The minimum absolute atomic E-state index is 0.00700. The zero-order valence-electron chi connectivity index (χ0n) is 22.5. The van der Waals surface area contributed by atoms with Crippen LogP contribution in [0.5, 0.6) is 0 Å². The molecule has 2 bridgehead atoms. The average Bonchev–Trinajstić information content (AvgIpc) is 3.49. The Balaban J connectivity index is 1.90. The molecule has 212 valence electrons. The number of aliphatic hydroxyl groups is 1. The maximum Gasteiger partial charge on any atom is 0.355 e. The highest BCUT2D eigenvalue weighted by atomic mass is 79.9. The van der Waals surface area contributed by atoms with Crippen LogP contribution in [0, 0.1) is 11.8 Å². The molecule has 0 spiro atoms. The number of hydrogen-bond acceptors (Lipinski definition) is 7. The van der Waals surface area contributed by atoms with Gasteiger partial charge < -0.3 is 24.5 Å². The molecule has 0 unspecified atom stereocenters. The van der Waals surface area contributed by atoms with E-state index in [2.05, 4.69) is 26.2 Å². The molecule has 1 aromatic rings. The predicted octanol–water partition coefficient (Wildman–Crippen LogP) is 4.19. The first kappa shape index (κ1) is 30.5. The summed E-state index contributed by atoms with van der Waals surface area (Å²) in [4.78, 5) is 44.2. The number of rotatable bonds is 1. The monoisotopic (exact) mass is 607 g/mol. The fraction of sp³-hybridized carbons (Fsp3) is 0.500. The predicted molar refractivity (Wildman–Crippen MR) is 146 cm³/mol. The van der Waals surface area contributed by atoms with Crippen LogP contribution in [-0.4, -0.2) is 64.2 Å². The number of hydrogen-bond donors (Lipinski definition) is 2. The van der Waals surface area contributed by atoms with Gasteiger partial charge in [0.2, 0.25) is 10.6 Å². The standard InChI is InChI=1S/C28H35BrFN3O6/c1-16(2)25-18(4)9-10-22(35)31-11-5-7-17(3)13-20(34)14-19(30)15-23-32-24(26(29)38-23)27(36)33-12-6-8-21(33)28(37)39-25/h5,7-10,13,16,18-20,25,34H,6,11-12,14-15H2,1-4H3,(H,31,35)/b7-5+,10-9+,17-13+/t18-,19-,20-,25-/m1/s1. The van der Waals surface area contributed by atoms with Crippen LogP contribution in [0.15, 0.2) is 56.8 Å². The lowest BCUT2D eigenvalue weighted by Gasteiger charge is -2.27. The molecule has 3 rings (SSSR count). The lowest BCUT2D eigenvalue weighted by Crippen LogP contribution is -2.36. The van der Waals surface area contributed by atoms with Crippen molar-refractivity contribution in [2.75, 3.05) is 13.1 Å². The van der Waals surface area contributed by atoms with Crippen molar-refractivity contribution in [3.05, 3.63) is 64.0 Å². The second kappa shape index (κ2) is 13.8. The molecule has 3 heterocycles. The molecule has 11 heteroatoms. The SMILES string of the molecule is CC1=C\[C@@H](O)C[C@@H](F)Cc2nc(c(Br)o2)C(=O)N2CCC=C2C(=O)O[C@H](C(C)C)[C@H](C)/C=C/C(=O)NC\C=C\1. The van der Waals surface area contributed by atoms with Gasteiger partial charge in [0, 0.05) is 25.4 Å². The van der Waals surface area contributed by atoms with E-state index in [-0.39, 0.29) is 65.6 Å². The van der Waals surface area contributed by atoms with E-state index >= 15 is 0 Å². The Labute approximate surface area is 236 Å². The van der Waals surface area contributed by atoms with Gasteiger partial charge in [-0.05, 0) is 41.3 Å². The molecule has 2 N–H and O–H groups in total. The van der Waals surface area contributed by atoms with Crippen molar-refractivity contribution in [3.63, 3.8) is 0 Å². The summed E-state index contributed by atoms with van der Waals surface area (Å²) >= 11 is 3.18. The number of aromatic nitrogens is 1. The van der Waals surface area contributed by atoms with Gasteiger partial charge in [-0.1, -0.05) is 56.7 Å². The van der Waals surface area contributed by atoms with Crippen LogP contribution in [0.2, 0.25) is 0 Å².